The maximum Gasteiger partial charge on any atom is 0.179 e. The number of ketones is 1. The summed E-state index contributed by atoms with van der Waals surface area (Å²) in [5.74, 6) is 0.137. The maximum absolute atomic E-state index is 12.4. The van der Waals surface area contributed by atoms with E-state index in [1.54, 1.807) is 0 Å². The van der Waals surface area contributed by atoms with Gasteiger partial charge in [-0.1, -0.05) is 29.8 Å². The molecule has 1 aromatic rings. The largest absolute Gasteiger partial charge is 0.389 e. The Kier molecular flexibility index (Phi) is 4.07. The molecule has 1 aliphatic heterocycles. The fourth-order valence-corrected chi connectivity index (χ4v) is 2.71. The molecule has 0 saturated carbocycles. The molecule has 0 spiro atoms. The number of hydrogen-bond acceptors (Lipinski definition) is 3. The molecule has 0 bridgehead atoms. The van der Waals surface area contributed by atoms with Crippen molar-refractivity contribution in [3.05, 3.63) is 35.4 Å². The third-order valence-corrected chi connectivity index (χ3v) is 3.97. The number of aliphatic hydroxyl groups is 1. The zero-order valence-corrected chi connectivity index (χ0v) is 12.0. The average molecular weight is 261 g/mol. The summed E-state index contributed by atoms with van der Waals surface area (Å²) in [5, 5.41) is 10.1. The van der Waals surface area contributed by atoms with Crippen molar-refractivity contribution in [1.29, 1.82) is 0 Å². The molecule has 104 valence electrons. The van der Waals surface area contributed by atoms with Crippen LogP contribution in [0.3, 0.4) is 0 Å². The Hall–Kier alpha value is -1.19. The van der Waals surface area contributed by atoms with Crippen LogP contribution >= 0.6 is 0 Å². The number of hydrogen-bond donors (Lipinski definition) is 1. The van der Waals surface area contributed by atoms with Gasteiger partial charge in [0.25, 0.3) is 0 Å². The SMILES string of the molecule is Cc1ccc(C(=O)C(C)N2CCCC(C)(O)C2)cc1. The summed E-state index contributed by atoms with van der Waals surface area (Å²) in [6.07, 6.45) is 1.76. The van der Waals surface area contributed by atoms with E-state index in [0.29, 0.717) is 6.54 Å². The van der Waals surface area contributed by atoms with Gasteiger partial charge in [-0.15, -0.1) is 0 Å². The van der Waals surface area contributed by atoms with Crippen LogP contribution in [0.5, 0.6) is 0 Å². The lowest BCUT2D eigenvalue weighted by atomic mass is 9.92. The van der Waals surface area contributed by atoms with Crippen molar-refractivity contribution in [2.24, 2.45) is 0 Å². The first-order valence-corrected chi connectivity index (χ1v) is 6.96. The molecule has 0 aliphatic carbocycles. The molecule has 2 atom stereocenters. The van der Waals surface area contributed by atoms with Gasteiger partial charge in [0.15, 0.2) is 5.78 Å². The van der Waals surface area contributed by atoms with Crippen molar-refractivity contribution < 1.29 is 9.90 Å². The molecule has 3 nitrogen and oxygen atoms in total. The number of likely N-dealkylation sites (tertiary alicyclic amines) is 1. The van der Waals surface area contributed by atoms with Crippen molar-refractivity contribution in [3.63, 3.8) is 0 Å². The lowest BCUT2D eigenvalue weighted by Gasteiger charge is -2.39. The zero-order valence-electron chi connectivity index (χ0n) is 12.0. The molecule has 0 aromatic heterocycles. The van der Waals surface area contributed by atoms with E-state index in [4.69, 9.17) is 0 Å². The van der Waals surface area contributed by atoms with Crippen LogP contribution in [0.25, 0.3) is 0 Å². The average Bonchev–Trinajstić information content (AvgIpc) is 2.37. The van der Waals surface area contributed by atoms with Gasteiger partial charge in [-0.05, 0) is 40.2 Å². The van der Waals surface area contributed by atoms with Gasteiger partial charge in [0.05, 0.1) is 11.6 Å². The van der Waals surface area contributed by atoms with Gasteiger partial charge in [0.1, 0.15) is 0 Å². The summed E-state index contributed by atoms with van der Waals surface area (Å²) in [5.41, 5.74) is 1.24. The predicted molar refractivity (Wildman–Crippen MR) is 76.4 cm³/mol. The Morgan fingerprint density at radius 3 is 2.58 bits per heavy atom. The molecule has 0 amide bonds. The van der Waals surface area contributed by atoms with Crippen molar-refractivity contribution in [1.82, 2.24) is 4.90 Å². The van der Waals surface area contributed by atoms with Crippen LogP contribution in [-0.2, 0) is 0 Å². The molecule has 19 heavy (non-hydrogen) atoms. The fraction of sp³-hybridized carbons (Fsp3) is 0.562. The molecule has 1 heterocycles. The standard InChI is InChI=1S/C16H23NO2/c1-12-5-7-14(8-6-12)15(18)13(2)17-10-4-9-16(3,19)11-17/h5-8,13,19H,4,9-11H2,1-3H3. The van der Waals surface area contributed by atoms with E-state index in [1.807, 2.05) is 45.0 Å². The first kappa shape index (κ1) is 14.2. The topological polar surface area (TPSA) is 40.5 Å². The Bertz CT molecular complexity index is 450. The lowest BCUT2D eigenvalue weighted by molar-refractivity contribution is -0.0242. The third-order valence-electron chi connectivity index (χ3n) is 3.97. The molecule has 2 unspecified atom stereocenters. The van der Waals surface area contributed by atoms with Crippen LogP contribution in [0, 0.1) is 6.92 Å². The number of nitrogens with zero attached hydrogens (tertiary/aromatic N) is 1. The summed E-state index contributed by atoms with van der Waals surface area (Å²) in [6.45, 7) is 7.26. The van der Waals surface area contributed by atoms with Crippen LogP contribution in [0.15, 0.2) is 24.3 Å². The number of β-amino-alcohol motifs (C(OH)–C–C–N with tert-alkyl or cyclic N) is 1. The Balaban J connectivity index is 2.08. The summed E-state index contributed by atoms with van der Waals surface area (Å²) in [7, 11) is 0. The molecule has 1 saturated heterocycles. The highest BCUT2D eigenvalue weighted by Gasteiger charge is 2.33. The lowest BCUT2D eigenvalue weighted by Crippen LogP contribution is -2.51. The van der Waals surface area contributed by atoms with Crippen molar-refractivity contribution in [3.8, 4) is 0 Å². The highest BCUT2D eigenvalue weighted by Crippen LogP contribution is 2.23. The predicted octanol–water partition coefficient (Wildman–Crippen LogP) is 2.41. The highest BCUT2D eigenvalue weighted by atomic mass is 16.3. The number of carbonyl (C=O) groups excluding carboxylic acids is 1. The van der Waals surface area contributed by atoms with E-state index >= 15 is 0 Å². The van der Waals surface area contributed by atoms with Crippen molar-refractivity contribution in [2.75, 3.05) is 13.1 Å². The van der Waals surface area contributed by atoms with Crippen LogP contribution in [0.2, 0.25) is 0 Å². The van der Waals surface area contributed by atoms with E-state index in [0.717, 1.165) is 30.5 Å². The quantitative estimate of drug-likeness (QED) is 0.849. The monoisotopic (exact) mass is 261 g/mol. The minimum absolute atomic E-state index is 0.137. The van der Waals surface area contributed by atoms with E-state index in [1.165, 1.54) is 0 Å². The number of carbonyl (C=O) groups is 1. The van der Waals surface area contributed by atoms with Gasteiger partial charge in [-0.25, -0.2) is 0 Å². The molecule has 3 heteroatoms. The van der Waals surface area contributed by atoms with Gasteiger partial charge < -0.3 is 5.11 Å². The van der Waals surface area contributed by atoms with Gasteiger partial charge >= 0.3 is 0 Å². The molecule has 1 aromatic carbocycles. The molecular weight excluding hydrogens is 238 g/mol. The summed E-state index contributed by atoms with van der Waals surface area (Å²) in [6, 6.07) is 7.53. The summed E-state index contributed by atoms with van der Waals surface area (Å²) >= 11 is 0. The van der Waals surface area contributed by atoms with E-state index in [2.05, 4.69) is 4.90 Å². The number of piperidine rings is 1. The van der Waals surface area contributed by atoms with Gasteiger partial charge in [-0.3, -0.25) is 9.69 Å². The molecule has 1 aliphatic rings. The Morgan fingerprint density at radius 2 is 2.00 bits per heavy atom. The molecule has 1 N–H and O–H groups in total. The van der Waals surface area contributed by atoms with E-state index < -0.39 is 5.60 Å². The number of aryl methyl sites for hydroxylation is 1. The van der Waals surface area contributed by atoms with Crippen LogP contribution in [0.4, 0.5) is 0 Å². The van der Waals surface area contributed by atoms with Crippen molar-refractivity contribution in [2.45, 2.75) is 45.3 Å². The van der Waals surface area contributed by atoms with E-state index in [9.17, 15) is 9.90 Å². The van der Waals surface area contributed by atoms with Gasteiger partial charge in [0, 0.05) is 12.1 Å². The molecule has 1 fully saturated rings. The molecular formula is C16H23NO2. The summed E-state index contributed by atoms with van der Waals surface area (Å²) in [4.78, 5) is 14.5. The van der Waals surface area contributed by atoms with Gasteiger partial charge in [-0.2, -0.15) is 0 Å². The second-order valence-corrected chi connectivity index (χ2v) is 5.98. The summed E-state index contributed by atoms with van der Waals surface area (Å²) < 4.78 is 0. The van der Waals surface area contributed by atoms with Crippen LogP contribution < -0.4 is 0 Å². The smallest absolute Gasteiger partial charge is 0.179 e. The normalized spacial score (nSPS) is 26.1. The highest BCUT2D eigenvalue weighted by molar-refractivity contribution is 5.99. The number of rotatable bonds is 3. The first-order valence-electron chi connectivity index (χ1n) is 6.96. The first-order chi connectivity index (χ1) is 8.89. The minimum Gasteiger partial charge on any atom is -0.389 e. The Labute approximate surface area is 115 Å². The number of benzene rings is 1. The zero-order chi connectivity index (χ0) is 14.0. The Morgan fingerprint density at radius 1 is 1.37 bits per heavy atom. The van der Waals surface area contributed by atoms with Gasteiger partial charge in [0.2, 0.25) is 0 Å². The van der Waals surface area contributed by atoms with E-state index in [-0.39, 0.29) is 11.8 Å². The maximum atomic E-state index is 12.4. The number of Topliss-reactive ketones (excluding diaryl/α,β-unsaturated/α-hetero) is 1. The third kappa shape index (κ3) is 3.43. The second kappa shape index (κ2) is 5.43. The fourth-order valence-electron chi connectivity index (χ4n) is 2.71. The minimum atomic E-state index is -0.667. The van der Waals surface area contributed by atoms with Crippen LogP contribution in [0.1, 0.15) is 42.6 Å². The van der Waals surface area contributed by atoms with Crippen LogP contribution in [-0.4, -0.2) is 40.5 Å². The molecule has 2 rings (SSSR count). The molecule has 0 radical (unpaired) electrons. The van der Waals surface area contributed by atoms with Crippen molar-refractivity contribution >= 4 is 5.78 Å². The second-order valence-electron chi connectivity index (χ2n) is 5.98.